The molecule has 24 heavy (non-hydrogen) atoms. The number of sulfone groups is 1. The molecule has 2 N–H and O–H groups in total. The van der Waals surface area contributed by atoms with Gasteiger partial charge in [0.25, 0.3) is 9.84 Å². The second-order valence-corrected chi connectivity index (χ2v) is 8.64. The predicted octanol–water partition coefficient (Wildman–Crippen LogP) is 2.61. The van der Waals surface area contributed by atoms with E-state index in [9.17, 15) is 39.0 Å². The standard InChI is InChI=1S/C11H11F6NO4S2/c1-18-8-4-2-7(3-5-8)6-9(23(19,20)10(12,13)14)24(21,22)11(15,16)17/h2-5,18H,6H2,1H3,(H,19,20). The molecule has 1 aromatic rings. The molecule has 0 aliphatic carbocycles. The van der Waals surface area contributed by atoms with Gasteiger partial charge in [0, 0.05) is 19.2 Å². The fraction of sp³-hybridized carbons (Fsp3) is 0.364. The van der Waals surface area contributed by atoms with E-state index in [1.54, 1.807) is 0 Å². The highest BCUT2D eigenvalue weighted by molar-refractivity contribution is 8.22. The zero-order valence-corrected chi connectivity index (χ0v) is 13.4. The molecule has 0 saturated carbocycles. The highest BCUT2D eigenvalue weighted by Gasteiger charge is 2.55. The summed E-state index contributed by atoms with van der Waals surface area (Å²) in [5.41, 5.74) is -12.1. The maximum absolute atomic E-state index is 12.6. The SMILES string of the molecule is CNc1ccc(CC(S(=O)(=O)C(F)(F)F)=S(=O)(O)C(F)(F)F)cc1. The lowest BCUT2D eigenvalue weighted by Crippen LogP contribution is -2.40. The third kappa shape index (κ3) is 3.95. The topological polar surface area (TPSA) is 83.5 Å². The minimum absolute atomic E-state index is 0.317. The number of hydrogen-bond donors (Lipinski definition) is 2. The Morgan fingerprint density at radius 1 is 1.00 bits per heavy atom. The van der Waals surface area contributed by atoms with Gasteiger partial charge in [-0.15, -0.1) is 0 Å². The van der Waals surface area contributed by atoms with Crippen molar-refractivity contribution in [2.45, 2.75) is 17.4 Å². The van der Waals surface area contributed by atoms with Crippen LogP contribution in [-0.4, -0.2) is 39.4 Å². The molecule has 1 atom stereocenters. The van der Waals surface area contributed by atoms with Crippen molar-refractivity contribution in [2.24, 2.45) is 0 Å². The first-order valence-corrected chi connectivity index (χ1v) is 8.91. The van der Waals surface area contributed by atoms with Crippen LogP contribution in [0.4, 0.5) is 32.0 Å². The third-order valence-electron chi connectivity index (χ3n) is 2.82. The summed E-state index contributed by atoms with van der Waals surface area (Å²) in [6.45, 7) is 0. The zero-order valence-electron chi connectivity index (χ0n) is 11.8. The molecule has 13 heteroatoms. The van der Waals surface area contributed by atoms with Gasteiger partial charge in [0.15, 0.2) is 9.80 Å². The number of hydrogen-bond acceptors (Lipinski definition) is 4. The minimum Gasteiger partial charge on any atom is -0.388 e. The molecule has 5 nitrogen and oxygen atoms in total. The van der Waals surface area contributed by atoms with Crippen molar-refractivity contribution in [1.29, 1.82) is 0 Å². The van der Waals surface area contributed by atoms with Crippen LogP contribution in [0.5, 0.6) is 0 Å². The second-order valence-electron chi connectivity index (χ2n) is 4.42. The Hall–Kier alpha value is -1.47. The molecule has 0 aromatic heterocycles. The van der Waals surface area contributed by atoms with Crippen molar-refractivity contribution >= 4 is 29.5 Å². The van der Waals surface area contributed by atoms with Gasteiger partial charge in [-0.3, -0.25) is 0 Å². The molecule has 0 spiro atoms. The largest absolute Gasteiger partial charge is 0.502 e. The first-order chi connectivity index (χ1) is 10.6. The van der Waals surface area contributed by atoms with Crippen LogP contribution in [0.2, 0.25) is 0 Å². The molecule has 1 rings (SSSR count). The average molecular weight is 399 g/mol. The molecule has 0 amide bonds. The monoisotopic (exact) mass is 399 g/mol. The van der Waals surface area contributed by atoms with E-state index in [4.69, 9.17) is 4.55 Å². The lowest BCUT2D eigenvalue weighted by molar-refractivity contribution is -0.0458. The summed E-state index contributed by atoms with van der Waals surface area (Å²) in [7, 11) is -11.6. The van der Waals surface area contributed by atoms with Gasteiger partial charge >= 0.3 is 11.0 Å². The number of rotatable bonds is 3. The van der Waals surface area contributed by atoms with E-state index in [-0.39, 0.29) is 5.56 Å². The van der Waals surface area contributed by atoms with Crippen LogP contribution in [0.3, 0.4) is 0 Å². The van der Waals surface area contributed by atoms with E-state index < -0.39 is 41.3 Å². The summed E-state index contributed by atoms with van der Waals surface area (Å²) in [5, 5.41) is 2.63. The van der Waals surface area contributed by atoms with Gasteiger partial charge in [-0.05, 0) is 17.7 Å². The van der Waals surface area contributed by atoms with Crippen LogP contribution in [0.1, 0.15) is 5.56 Å². The molecule has 0 fully saturated rings. The second kappa shape index (κ2) is 6.44. The lowest BCUT2D eigenvalue weighted by Gasteiger charge is -2.17. The summed E-state index contributed by atoms with van der Waals surface area (Å²) in [6.07, 6.45) is -1.51. The predicted molar refractivity (Wildman–Crippen MR) is 76.5 cm³/mol. The van der Waals surface area contributed by atoms with E-state index in [0.717, 1.165) is 12.1 Å². The maximum Gasteiger partial charge on any atom is 0.502 e. The van der Waals surface area contributed by atoms with Crippen molar-refractivity contribution in [3.05, 3.63) is 29.8 Å². The summed E-state index contributed by atoms with van der Waals surface area (Å²) in [5.74, 6) is 0. The molecule has 0 bridgehead atoms. The van der Waals surface area contributed by atoms with Gasteiger partial charge in [0.2, 0.25) is 0 Å². The van der Waals surface area contributed by atoms with Gasteiger partial charge in [-0.2, -0.15) is 26.3 Å². The van der Waals surface area contributed by atoms with Gasteiger partial charge in [0.05, 0.1) is 0 Å². The number of nitrogens with one attached hydrogen (secondary N) is 1. The Morgan fingerprint density at radius 2 is 1.46 bits per heavy atom. The van der Waals surface area contributed by atoms with E-state index in [0.29, 0.717) is 5.69 Å². The van der Waals surface area contributed by atoms with E-state index in [1.165, 1.54) is 19.2 Å². The Balaban J connectivity index is 3.64. The minimum atomic E-state index is -6.64. The highest BCUT2D eigenvalue weighted by Crippen LogP contribution is 2.32. The van der Waals surface area contributed by atoms with Crippen molar-refractivity contribution in [1.82, 2.24) is 0 Å². The summed E-state index contributed by atoms with van der Waals surface area (Å²) in [4.78, 5) is 0. The van der Waals surface area contributed by atoms with Crippen LogP contribution in [0.25, 0.3) is 0 Å². The number of benzene rings is 1. The Kier molecular flexibility index (Phi) is 5.52. The van der Waals surface area contributed by atoms with Crippen molar-refractivity contribution in [3.63, 3.8) is 0 Å². The molecule has 138 valence electrons. The van der Waals surface area contributed by atoms with Crippen LogP contribution >= 0.6 is 0 Å². The Labute approximate surface area is 133 Å². The summed E-state index contributed by atoms with van der Waals surface area (Å²) in [6, 6.07) is 4.56. The quantitative estimate of drug-likeness (QED) is 0.603. The fourth-order valence-electron chi connectivity index (χ4n) is 1.56. The third-order valence-corrected chi connectivity index (χ3v) is 6.90. The van der Waals surface area contributed by atoms with Crippen LogP contribution < -0.4 is 5.32 Å². The smallest absolute Gasteiger partial charge is 0.388 e. The summed E-state index contributed by atoms with van der Waals surface area (Å²) < 4.78 is 116. The van der Waals surface area contributed by atoms with Gasteiger partial charge in [-0.25, -0.2) is 12.6 Å². The normalized spacial score (nSPS) is 15.7. The fourth-order valence-corrected chi connectivity index (χ4v) is 4.55. The molecule has 1 unspecified atom stereocenters. The Morgan fingerprint density at radius 3 is 1.79 bits per heavy atom. The molecule has 0 saturated heterocycles. The molecular weight excluding hydrogens is 388 g/mol. The van der Waals surface area contributed by atoms with Gasteiger partial charge in [-0.1, -0.05) is 12.1 Å². The lowest BCUT2D eigenvalue weighted by atomic mass is 10.1. The van der Waals surface area contributed by atoms with Gasteiger partial charge < -0.3 is 9.87 Å². The summed E-state index contributed by atoms with van der Waals surface area (Å²) >= 11 is 0. The molecule has 0 aliphatic rings. The Bertz CT molecular complexity index is 818. The molecule has 1 aromatic carbocycles. The molecule has 0 heterocycles. The van der Waals surface area contributed by atoms with E-state index >= 15 is 0 Å². The molecular formula is C11H11F6NO4S2. The van der Waals surface area contributed by atoms with E-state index in [1.807, 2.05) is 0 Å². The zero-order chi connectivity index (χ0) is 19.0. The van der Waals surface area contributed by atoms with Crippen LogP contribution in [-0.2, 0) is 26.1 Å². The van der Waals surface area contributed by atoms with E-state index in [2.05, 4.69) is 5.32 Å². The number of anilines is 1. The number of halogens is 6. The average Bonchev–Trinajstić information content (AvgIpc) is 2.42. The molecule has 0 aliphatic heterocycles. The van der Waals surface area contributed by atoms with Gasteiger partial charge in [0.1, 0.15) is 4.20 Å². The first kappa shape index (κ1) is 20.6. The molecule has 0 radical (unpaired) electrons. The van der Waals surface area contributed by atoms with Crippen LogP contribution in [0.15, 0.2) is 24.3 Å². The van der Waals surface area contributed by atoms with Crippen LogP contribution in [0, 0.1) is 0 Å². The first-order valence-electron chi connectivity index (χ1n) is 5.91. The number of alkyl halides is 6. The van der Waals surface area contributed by atoms with Crippen molar-refractivity contribution in [3.8, 4) is 0 Å². The van der Waals surface area contributed by atoms with Crippen molar-refractivity contribution in [2.75, 3.05) is 12.4 Å². The maximum atomic E-state index is 12.6. The van der Waals surface area contributed by atoms with Crippen molar-refractivity contribution < 1.29 is 43.5 Å². The highest BCUT2D eigenvalue weighted by atomic mass is 32.3.